The lowest BCUT2D eigenvalue weighted by molar-refractivity contribution is -0.403. The number of rotatable bonds is 9. The standard InChI is InChI=1S/C48H79N3O39/c49-51-50-1-9-33-17(59)25(67)41(75-9)84-34-10(2-52)77-43(27(69)19(34)61)86-36-12(4-54)79-45(29(71)21(36)63)88-38-14(6-56)81-47(31(73)23(38)65)90-40-16(8-58)82-48(32(74)24(40)66)89-39-15(7-57)80-46(30(72)22(39)64)87-37-13(5-55)78-44(28(70)20(37)62)85-35-11(3-53)76-42(83-33)26(68)18(35)60/h9-48,52-74H,1-8H2/t9-,10-,11-,12-,13-,14-,15-,16-,17+,18+,19+,20-,21-,22-,23-,24+,25+,26+,27+,28-,29-,30-,31-,32+,33-,34-,35-,36-,37-,38-,39-,40-,41-,42-,43-,44-,45-,46-,47-,48-/m1/s1. The summed E-state index contributed by atoms with van der Waals surface area (Å²) >= 11 is 0. The number of ether oxygens (including phenoxy) is 16. The molecular weight excluding hydrogens is 1240 g/mol. The zero-order valence-electron chi connectivity index (χ0n) is 46.9. The molecule has 30 rings (SSSR count). The number of hydrogen-bond acceptors (Lipinski definition) is 40. The van der Waals surface area contributed by atoms with E-state index in [1.807, 2.05) is 0 Å². The smallest absolute Gasteiger partial charge is 0.187 e. The van der Waals surface area contributed by atoms with Crippen LogP contribution in [0.4, 0.5) is 0 Å². The van der Waals surface area contributed by atoms with Crippen molar-refractivity contribution in [3.63, 3.8) is 0 Å². The highest BCUT2D eigenvalue weighted by molar-refractivity contribution is 5.03. The molecule has 40 atom stereocenters. The maximum absolute atomic E-state index is 11.5. The third-order valence-corrected chi connectivity index (χ3v) is 17.0. The highest BCUT2D eigenvalue weighted by Crippen LogP contribution is 2.40. The van der Waals surface area contributed by atoms with E-state index in [0.29, 0.717) is 0 Å². The summed E-state index contributed by atoms with van der Waals surface area (Å²) in [6.45, 7) is -8.40. The van der Waals surface area contributed by atoms with Crippen LogP contribution in [0.1, 0.15) is 0 Å². The summed E-state index contributed by atoms with van der Waals surface area (Å²) in [5.74, 6) is 0. The van der Waals surface area contributed by atoms with Gasteiger partial charge in [-0.25, -0.2) is 0 Å². The van der Waals surface area contributed by atoms with Gasteiger partial charge in [-0.1, -0.05) is 5.11 Å². The van der Waals surface area contributed by atoms with Crippen molar-refractivity contribution >= 4 is 0 Å². The number of hydrogen-bond donors (Lipinski definition) is 23. The van der Waals surface area contributed by atoms with Crippen molar-refractivity contribution in [2.75, 3.05) is 52.8 Å². The van der Waals surface area contributed by atoms with E-state index in [1.165, 1.54) is 0 Å². The highest BCUT2D eigenvalue weighted by atomic mass is 16.8. The van der Waals surface area contributed by atoms with E-state index < -0.39 is 298 Å². The van der Waals surface area contributed by atoms with Crippen molar-refractivity contribution in [1.29, 1.82) is 0 Å². The Bertz CT molecular complexity index is 2280. The molecule has 0 aromatic rings. The summed E-state index contributed by atoms with van der Waals surface area (Å²) in [6, 6.07) is 0. The Labute approximate surface area is 506 Å². The Kier molecular flexibility index (Phi) is 24.7. The Morgan fingerprint density at radius 1 is 0.211 bits per heavy atom. The van der Waals surface area contributed by atoms with E-state index in [0.717, 1.165) is 0 Å². The molecule has 0 aromatic carbocycles. The van der Waals surface area contributed by atoms with Crippen LogP contribution in [-0.4, -0.2) is 416 Å². The average Bonchev–Trinajstić information content (AvgIpc) is 0.824. The van der Waals surface area contributed by atoms with Gasteiger partial charge in [-0.05, 0) is 5.53 Å². The lowest BCUT2D eigenvalue weighted by Gasteiger charge is -2.50. The molecule has 16 bridgehead atoms. The van der Waals surface area contributed by atoms with Gasteiger partial charge in [-0.3, -0.25) is 0 Å². The lowest BCUT2D eigenvalue weighted by atomic mass is 9.94. The first kappa shape index (κ1) is 72.0. The van der Waals surface area contributed by atoms with Crippen LogP contribution in [-0.2, 0) is 75.8 Å². The van der Waals surface area contributed by atoms with Crippen LogP contribution in [0.3, 0.4) is 0 Å². The normalized spacial score (nSPS) is 54.3. The molecule has 0 saturated carbocycles. The molecule has 23 N–H and O–H groups in total. The molecule has 0 spiro atoms. The van der Waals surface area contributed by atoms with E-state index in [1.54, 1.807) is 0 Å². The first-order valence-electron chi connectivity index (χ1n) is 28.5. The fourth-order valence-corrected chi connectivity index (χ4v) is 12.0. The van der Waals surface area contributed by atoms with Crippen molar-refractivity contribution in [2.45, 2.75) is 246 Å². The van der Waals surface area contributed by atoms with Gasteiger partial charge in [0.05, 0.1) is 58.9 Å². The highest BCUT2D eigenvalue weighted by Gasteiger charge is 2.60. The third kappa shape index (κ3) is 14.3. The molecule has 30 heterocycles. The zero-order valence-corrected chi connectivity index (χ0v) is 46.9. The van der Waals surface area contributed by atoms with Crippen molar-refractivity contribution in [3.8, 4) is 0 Å². The second-order valence-corrected chi connectivity index (χ2v) is 22.7. The van der Waals surface area contributed by atoms with Gasteiger partial charge in [-0.15, -0.1) is 0 Å². The Morgan fingerprint density at radius 2 is 0.344 bits per heavy atom. The molecule has 30 fully saturated rings. The topological polar surface area (TPSA) is 662 Å². The van der Waals surface area contributed by atoms with Crippen molar-refractivity contribution < 1.29 is 193 Å². The first-order chi connectivity index (χ1) is 42.9. The molecule has 0 unspecified atom stereocenters. The van der Waals surface area contributed by atoms with E-state index in [-0.39, 0.29) is 0 Å². The number of nitrogens with zero attached hydrogens (tertiary/aromatic N) is 3. The van der Waals surface area contributed by atoms with E-state index in [4.69, 9.17) is 75.8 Å². The summed E-state index contributed by atoms with van der Waals surface area (Å²) in [5, 5.41) is 259. The number of azide groups is 1. The van der Waals surface area contributed by atoms with E-state index in [2.05, 4.69) is 10.0 Å². The molecular formula is C48H79N3O39. The quantitative estimate of drug-likeness (QED) is 0.0579. The van der Waals surface area contributed by atoms with Crippen LogP contribution >= 0.6 is 0 Å². The molecule has 0 radical (unpaired) electrons. The molecule has 30 aliphatic heterocycles. The minimum Gasteiger partial charge on any atom is -0.394 e. The maximum atomic E-state index is 11.5. The molecule has 42 heteroatoms. The van der Waals surface area contributed by atoms with Crippen LogP contribution in [0.25, 0.3) is 10.4 Å². The predicted molar refractivity (Wildman–Crippen MR) is 268 cm³/mol. The van der Waals surface area contributed by atoms with E-state index >= 15 is 0 Å². The fraction of sp³-hybridized carbons (Fsp3) is 1.00. The van der Waals surface area contributed by atoms with Crippen LogP contribution in [0, 0.1) is 0 Å². The van der Waals surface area contributed by atoms with Crippen LogP contribution in [0.5, 0.6) is 0 Å². The SMILES string of the molecule is [N-]=[N+]=NC[C@H]1O[C@@H]2O[C@H]3[C@@H](O)[C@H](O)[C@@H](O[C@H]4[C@H](O)[C@@H](O)[C@@H](O[C@H]5[C@H](O)[C@@H](O)[C@@H](O[C@H]6[C@@H](O)[C@H](O)[C@@H](O[C@H]7[C@H](O)[C@@H](O)[C@@H](O[C@H]8[C@H](O)[C@@H](O)[C@@H](O[C@H]9[C@@H](O)[C@H](O)[C@@H](O[C@H]1[C@@H](O)[C@@H]2O)O[C@@H]9CO)O[C@@H]8CO)O[C@@H]7CO)O[C@@H]6CO)O[C@@H]5CO)O[C@@H]4CO)O[C@@H]3CO. The Morgan fingerprint density at radius 3 is 0.478 bits per heavy atom. The second kappa shape index (κ2) is 30.9. The maximum Gasteiger partial charge on any atom is 0.187 e. The molecule has 0 aromatic heterocycles. The van der Waals surface area contributed by atoms with Gasteiger partial charge in [0.15, 0.2) is 50.3 Å². The largest absolute Gasteiger partial charge is 0.394 e. The molecule has 30 aliphatic rings. The van der Waals surface area contributed by atoms with Crippen molar-refractivity contribution in [2.24, 2.45) is 5.11 Å². The van der Waals surface area contributed by atoms with Crippen molar-refractivity contribution in [1.82, 2.24) is 0 Å². The summed E-state index contributed by atoms with van der Waals surface area (Å²) in [4.78, 5) is 2.64. The molecule has 0 aliphatic carbocycles. The van der Waals surface area contributed by atoms with Gasteiger partial charge in [0, 0.05) is 4.91 Å². The molecule has 520 valence electrons. The summed E-state index contributed by atoms with van der Waals surface area (Å²) < 4.78 is 91.5. The van der Waals surface area contributed by atoms with E-state index in [9.17, 15) is 123 Å². The van der Waals surface area contributed by atoms with Crippen LogP contribution in [0.15, 0.2) is 5.11 Å². The minimum absolute atomic E-state index is 0.778. The lowest BCUT2D eigenvalue weighted by Crippen LogP contribution is -2.69. The second-order valence-electron chi connectivity index (χ2n) is 22.7. The minimum atomic E-state index is -2.27. The zero-order chi connectivity index (χ0) is 65.5. The average molecular weight is 1320 g/mol. The fourth-order valence-electron chi connectivity index (χ4n) is 12.0. The van der Waals surface area contributed by atoms with Gasteiger partial charge in [0.25, 0.3) is 0 Å². The number of aliphatic hydroxyl groups is 23. The number of aliphatic hydroxyl groups excluding tert-OH is 23. The van der Waals surface area contributed by atoms with Gasteiger partial charge in [0.2, 0.25) is 0 Å². The monoisotopic (exact) mass is 1320 g/mol. The Balaban J connectivity index is 0.986. The molecule has 42 nitrogen and oxygen atoms in total. The molecule has 30 saturated heterocycles. The van der Waals surface area contributed by atoms with Gasteiger partial charge < -0.3 is 193 Å². The van der Waals surface area contributed by atoms with Crippen LogP contribution < -0.4 is 0 Å². The molecule has 90 heavy (non-hydrogen) atoms. The third-order valence-electron chi connectivity index (χ3n) is 17.0. The first-order valence-corrected chi connectivity index (χ1v) is 28.5. The molecule has 0 amide bonds. The van der Waals surface area contributed by atoms with Gasteiger partial charge in [0.1, 0.15) is 189 Å². The van der Waals surface area contributed by atoms with Gasteiger partial charge >= 0.3 is 0 Å². The van der Waals surface area contributed by atoms with Gasteiger partial charge in [-0.2, -0.15) is 0 Å². The summed E-state index contributed by atoms with van der Waals surface area (Å²) in [5.41, 5.74) is 9.24. The summed E-state index contributed by atoms with van der Waals surface area (Å²) in [7, 11) is 0. The van der Waals surface area contributed by atoms with Crippen LogP contribution in [0.2, 0.25) is 0 Å². The summed E-state index contributed by atoms with van der Waals surface area (Å²) in [6.07, 6.45) is -82.4. The van der Waals surface area contributed by atoms with Crippen molar-refractivity contribution in [3.05, 3.63) is 10.4 Å². The predicted octanol–water partition coefficient (Wildman–Crippen LogP) is -16.1. The Hall–Kier alpha value is -2.25.